The van der Waals surface area contributed by atoms with Gasteiger partial charge in [0.2, 0.25) is 0 Å². The van der Waals surface area contributed by atoms with Crippen LogP contribution < -0.4 is 5.32 Å². The molecule has 0 aliphatic rings. The largest absolute Gasteiger partial charge is 0.315 e. The van der Waals surface area contributed by atoms with E-state index in [0.717, 1.165) is 6.54 Å². The summed E-state index contributed by atoms with van der Waals surface area (Å²) >= 11 is 2.06. The highest BCUT2D eigenvalue weighted by Crippen LogP contribution is 2.26. The fourth-order valence-corrected chi connectivity index (χ4v) is 2.26. The number of hydrogen-bond acceptors (Lipinski definition) is 2. The Balaban J connectivity index is 3.48. The zero-order valence-electron chi connectivity index (χ0n) is 11.2. The first-order valence-corrected chi connectivity index (χ1v) is 7.44. The molecule has 0 fully saturated rings. The average Bonchev–Trinajstić information content (AvgIpc) is 2.11. The van der Waals surface area contributed by atoms with E-state index >= 15 is 0 Å². The molecule has 0 rings (SSSR count). The van der Waals surface area contributed by atoms with E-state index in [0.29, 0.717) is 11.5 Å². The van der Waals surface area contributed by atoms with Crippen LogP contribution in [-0.2, 0) is 0 Å². The average molecular weight is 231 g/mol. The van der Waals surface area contributed by atoms with Crippen LogP contribution in [0.4, 0.5) is 0 Å². The first kappa shape index (κ1) is 15.3. The Kier molecular flexibility index (Phi) is 8.64. The van der Waals surface area contributed by atoms with Crippen molar-refractivity contribution in [3.8, 4) is 0 Å². The van der Waals surface area contributed by atoms with Crippen molar-refractivity contribution in [3.63, 3.8) is 0 Å². The monoisotopic (exact) mass is 231 g/mol. The highest BCUT2D eigenvalue weighted by molar-refractivity contribution is 7.99. The van der Waals surface area contributed by atoms with Crippen molar-refractivity contribution in [1.82, 2.24) is 5.32 Å². The van der Waals surface area contributed by atoms with E-state index in [4.69, 9.17) is 0 Å². The fraction of sp³-hybridized carbons (Fsp3) is 1.00. The molecule has 0 aliphatic carbocycles. The molecule has 15 heavy (non-hydrogen) atoms. The van der Waals surface area contributed by atoms with E-state index in [-0.39, 0.29) is 0 Å². The molecule has 0 bridgehead atoms. The lowest BCUT2D eigenvalue weighted by Crippen LogP contribution is -2.27. The van der Waals surface area contributed by atoms with Crippen molar-refractivity contribution in [1.29, 1.82) is 0 Å². The van der Waals surface area contributed by atoms with Gasteiger partial charge in [0.05, 0.1) is 0 Å². The van der Waals surface area contributed by atoms with E-state index in [1.54, 1.807) is 0 Å². The molecule has 0 aromatic rings. The van der Waals surface area contributed by atoms with E-state index in [9.17, 15) is 0 Å². The molecule has 1 nitrogen and oxygen atoms in total. The van der Waals surface area contributed by atoms with Crippen LogP contribution in [0.5, 0.6) is 0 Å². The third-order valence-electron chi connectivity index (χ3n) is 2.70. The topological polar surface area (TPSA) is 12.0 Å². The normalized spacial score (nSPS) is 12.4. The van der Waals surface area contributed by atoms with Gasteiger partial charge in [-0.2, -0.15) is 11.8 Å². The summed E-state index contributed by atoms with van der Waals surface area (Å²) in [5.41, 5.74) is 0.510. The van der Waals surface area contributed by atoms with Gasteiger partial charge in [-0.1, -0.05) is 34.6 Å². The van der Waals surface area contributed by atoms with Gasteiger partial charge in [-0.15, -0.1) is 0 Å². The van der Waals surface area contributed by atoms with Gasteiger partial charge >= 0.3 is 0 Å². The number of rotatable bonds is 9. The van der Waals surface area contributed by atoms with Crippen molar-refractivity contribution >= 4 is 11.8 Å². The van der Waals surface area contributed by atoms with Crippen LogP contribution >= 0.6 is 11.8 Å². The maximum atomic E-state index is 3.50. The summed E-state index contributed by atoms with van der Waals surface area (Å²) < 4.78 is 0. The quantitative estimate of drug-likeness (QED) is 0.603. The van der Waals surface area contributed by atoms with Gasteiger partial charge in [0.15, 0.2) is 0 Å². The zero-order chi connectivity index (χ0) is 11.7. The van der Waals surface area contributed by atoms with Crippen LogP contribution in [-0.4, -0.2) is 24.1 Å². The van der Waals surface area contributed by atoms with Crippen molar-refractivity contribution in [2.24, 2.45) is 5.41 Å². The van der Waals surface area contributed by atoms with Crippen LogP contribution in [0.2, 0.25) is 0 Å². The molecule has 0 amide bonds. The summed E-state index contributed by atoms with van der Waals surface area (Å²) in [5.74, 6) is 2.59. The van der Waals surface area contributed by atoms with Gasteiger partial charge in [-0.05, 0) is 42.7 Å². The standard InChI is InChI=1S/C13H29NS/c1-6-15-11-7-8-13(4,5)9-10-14-12(2)3/h12,14H,6-11H2,1-5H3. The van der Waals surface area contributed by atoms with Crippen molar-refractivity contribution in [2.45, 2.75) is 59.9 Å². The summed E-state index contributed by atoms with van der Waals surface area (Å²) in [4.78, 5) is 0. The Hall–Kier alpha value is 0.310. The minimum Gasteiger partial charge on any atom is -0.315 e. The van der Waals surface area contributed by atoms with Crippen LogP contribution in [0.1, 0.15) is 53.9 Å². The first-order valence-electron chi connectivity index (χ1n) is 6.29. The zero-order valence-corrected chi connectivity index (χ0v) is 12.0. The molecule has 0 aliphatic heterocycles. The van der Waals surface area contributed by atoms with Crippen LogP contribution in [0.15, 0.2) is 0 Å². The van der Waals surface area contributed by atoms with E-state index < -0.39 is 0 Å². The molecule has 0 aromatic heterocycles. The molecule has 0 saturated carbocycles. The molecule has 0 heterocycles. The molecule has 92 valence electrons. The smallest absolute Gasteiger partial charge is 0.00103 e. The van der Waals surface area contributed by atoms with Crippen molar-refractivity contribution < 1.29 is 0 Å². The van der Waals surface area contributed by atoms with E-state index in [1.165, 1.54) is 30.8 Å². The number of nitrogens with one attached hydrogen (secondary N) is 1. The van der Waals surface area contributed by atoms with Gasteiger partial charge in [0.1, 0.15) is 0 Å². The summed E-state index contributed by atoms with van der Waals surface area (Å²) in [6.07, 6.45) is 4.02. The van der Waals surface area contributed by atoms with E-state index in [1.807, 2.05) is 0 Å². The lowest BCUT2D eigenvalue weighted by atomic mass is 9.84. The Bertz CT molecular complexity index is 143. The Morgan fingerprint density at radius 2 is 1.87 bits per heavy atom. The van der Waals surface area contributed by atoms with Crippen molar-refractivity contribution in [3.05, 3.63) is 0 Å². The second-order valence-corrected chi connectivity index (χ2v) is 6.72. The molecule has 1 N–H and O–H groups in total. The van der Waals surface area contributed by atoms with Crippen LogP contribution in [0.25, 0.3) is 0 Å². The Morgan fingerprint density at radius 3 is 2.40 bits per heavy atom. The van der Waals surface area contributed by atoms with Gasteiger partial charge < -0.3 is 5.32 Å². The lowest BCUT2D eigenvalue weighted by molar-refractivity contribution is 0.296. The van der Waals surface area contributed by atoms with Gasteiger partial charge in [-0.25, -0.2) is 0 Å². The highest BCUT2D eigenvalue weighted by Gasteiger charge is 2.16. The van der Waals surface area contributed by atoms with Gasteiger partial charge in [-0.3, -0.25) is 0 Å². The third-order valence-corrected chi connectivity index (χ3v) is 3.69. The SMILES string of the molecule is CCSCCCC(C)(C)CCNC(C)C. The summed E-state index contributed by atoms with van der Waals surface area (Å²) in [6.45, 7) is 12.6. The molecule has 0 radical (unpaired) electrons. The fourth-order valence-electron chi connectivity index (χ4n) is 1.62. The lowest BCUT2D eigenvalue weighted by Gasteiger charge is -2.25. The van der Waals surface area contributed by atoms with Crippen LogP contribution in [0.3, 0.4) is 0 Å². The molecule has 2 heteroatoms. The second kappa shape index (κ2) is 8.46. The Labute approximate surface area is 101 Å². The molecular formula is C13H29NS. The Morgan fingerprint density at radius 1 is 1.20 bits per heavy atom. The van der Waals surface area contributed by atoms with E-state index in [2.05, 4.69) is 51.7 Å². The summed E-state index contributed by atoms with van der Waals surface area (Å²) in [7, 11) is 0. The molecule has 0 saturated heterocycles. The number of hydrogen-bond donors (Lipinski definition) is 1. The first-order chi connectivity index (χ1) is 6.98. The molecule has 0 atom stereocenters. The van der Waals surface area contributed by atoms with Gasteiger partial charge in [0, 0.05) is 6.04 Å². The summed E-state index contributed by atoms with van der Waals surface area (Å²) in [6, 6.07) is 0.622. The molecule has 0 aromatic carbocycles. The van der Waals surface area contributed by atoms with Crippen LogP contribution in [0, 0.1) is 5.41 Å². The molecule has 0 spiro atoms. The molecule has 0 unspecified atom stereocenters. The minimum atomic E-state index is 0.510. The summed E-state index contributed by atoms with van der Waals surface area (Å²) in [5, 5.41) is 3.50. The van der Waals surface area contributed by atoms with Gasteiger partial charge in [0.25, 0.3) is 0 Å². The minimum absolute atomic E-state index is 0.510. The molecular weight excluding hydrogens is 202 g/mol. The third kappa shape index (κ3) is 10.6. The predicted molar refractivity (Wildman–Crippen MR) is 73.8 cm³/mol. The van der Waals surface area contributed by atoms with Crippen molar-refractivity contribution in [2.75, 3.05) is 18.1 Å². The maximum Gasteiger partial charge on any atom is 0.00103 e. The maximum absolute atomic E-state index is 3.50. The predicted octanol–water partition coefficient (Wildman–Crippen LogP) is 3.93. The highest BCUT2D eigenvalue weighted by atomic mass is 32.2. The number of thioether (sulfide) groups is 1. The second-order valence-electron chi connectivity index (χ2n) is 5.32.